The van der Waals surface area contributed by atoms with Gasteiger partial charge in [-0.2, -0.15) is 0 Å². The quantitative estimate of drug-likeness (QED) is 0.507. The molecule has 7 heteroatoms. The summed E-state index contributed by atoms with van der Waals surface area (Å²) >= 11 is 0. The summed E-state index contributed by atoms with van der Waals surface area (Å²) in [4.78, 5) is 0. The van der Waals surface area contributed by atoms with Crippen LogP contribution in [0.2, 0.25) is 0 Å². The van der Waals surface area contributed by atoms with E-state index in [9.17, 15) is 0 Å². The van der Waals surface area contributed by atoms with Gasteiger partial charge in [0.15, 0.2) is 0 Å². The van der Waals surface area contributed by atoms with E-state index in [1.165, 1.54) is 0 Å². The molecule has 0 bridgehead atoms. The molecule has 0 unspecified atom stereocenters. The molecule has 0 nitrogen and oxygen atoms in total. The van der Waals surface area contributed by atoms with Gasteiger partial charge in [0.05, 0.1) is 0 Å². The van der Waals surface area contributed by atoms with Gasteiger partial charge in [0.1, 0.15) is 0 Å². The summed E-state index contributed by atoms with van der Waals surface area (Å²) in [5.41, 5.74) is 0. The standard InChI is InChI=1S/3CH4.7Fe/h3*1H4;;;;;;;. The van der Waals surface area contributed by atoms with Crippen molar-refractivity contribution >= 4 is 0 Å². The van der Waals surface area contributed by atoms with Gasteiger partial charge in [-0.1, -0.05) is 22.3 Å². The Morgan fingerprint density at radius 1 is 0.200 bits per heavy atom. The van der Waals surface area contributed by atoms with Crippen molar-refractivity contribution in [2.24, 2.45) is 0 Å². The fourth-order valence-corrected chi connectivity index (χ4v) is 0. The molecule has 0 N–H and O–H groups in total. The van der Waals surface area contributed by atoms with E-state index < -0.39 is 0 Å². The molecule has 0 saturated carbocycles. The first kappa shape index (κ1) is 165. The Hall–Kier alpha value is 3.64. The SMILES string of the molecule is C.C.C.[Fe].[Fe].[Fe].[Fe].[Fe].[Fe].[Fe]. The van der Waals surface area contributed by atoms with Crippen molar-refractivity contribution in [2.45, 2.75) is 22.3 Å². The van der Waals surface area contributed by atoms with Crippen LogP contribution in [-0.4, -0.2) is 0 Å². The van der Waals surface area contributed by atoms with Gasteiger partial charge in [0, 0.05) is 119 Å². The first-order valence-corrected chi connectivity index (χ1v) is 0. The van der Waals surface area contributed by atoms with E-state index >= 15 is 0 Å². The van der Waals surface area contributed by atoms with E-state index in [0.29, 0.717) is 0 Å². The second kappa shape index (κ2) is 129. The third-order valence-corrected chi connectivity index (χ3v) is 0. The summed E-state index contributed by atoms with van der Waals surface area (Å²) in [5.74, 6) is 0. The summed E-state index contributed by atoms with van der Waals surface area (Å²) in [6.45, 7) is 0. The van der Waals surface area contributed by atoms with Crippen LogP contribution in [0, 0.1) is 0 Å². The van der Waals surface area contributed by atoms with Crippen LogP contribution in [0.25, 0.3) is 0 Å². The van der Waals surface area contributed by atoms with Gasteiger partial charge >= 0.3 is 0 Å². The molecule has 0 fully saturated rings. The first-order valence-electron chi connectivity index (χ1n) is 0. The molecule has 0 aliphatic rings. The largest absolute Gasteiger partial charge is 0.0776 e. The van der Waals surface area contributed by atoms with Crippen LogP contribution in [-0.2, 0) is 119 Å². The Bertz CT molecular complexity index is 8.81. The van der Waals surface area contributed by atoms with E-state index in [1.807, 2.05) is 0 Å². The van der Waals surface area contributed by atoms with E-state index in [4.69, 9.17) is 0 Å². The summed E-state index contributed by atoms with van der Waals surface area (Å²) in [6, 6.07) is 0. The van der Waals surface area contributed by atoms with Crippen LogP contribution < -0.4 is 0 Å². The summed E-state index contributed by atoms with van der Waals surface area (Å²) < 4.78 is 0. The molecule has 0 heterocycles. The summed E-state index contributed by atoms with van der Waals surface area (Å²) in [6.07, 6.45) is 0. The third-order valence-electron chi connectivity index (χ3n) is 0. The van der Waals surface area contributed by atoms with E-state index in [-0.39, 0.29) is 142 Å². The molecular weight excluding hydrogens is 427 g/mol. The number of rotatable bonds is 0. The Morgan fingerprint density at radius 2 is 0.200 bits per heavy atom. The Kier molecular flexibility index (Phi) is 2130. The molecule has 0 atom stereocenters. The van der Waals surface area contributed by atoms with E-state index in [1.54, 1.807) is 0 Å². The average Bonchev–Trinajstić information content (AvgIpc) is 0. The maximum absolute atomic E-state index is 0. The smallest absolute Gasteiger partial charge is 0 e. The van der Waals surface area contributed by atoms with Crippen molar-refractivity contribution in [1.82, 2.24) is 0 Å². The molecule has 0 amide bonds. The normalized spacial score (nSPS) is 0. The zero-order chi connectivity index (χ0) is 0. The van der Waals surface area contributed by atoms with Crippen molar-refractivity contribution in [3.8, 4) is 0 Å². The minimum Gasteiger partial charge on any atom is -0.0776 e. The average molecular weight is 439 g/mol. The van der Waals surface area contributed by atoms with Gasteiger partial charge in [-0.05, 0) is 0 Å². The van der Waals surface area contributed by atoms with Crippen LogP contribution in [0.4, 0.5) is 0 Å². The Balaban J connectivity index is 0. The van der Waals surface area contributed by atoms with Crippen LogP contribution in [0.15, 0.2) is 0 Å². The summed E-state index contributed by atoms with van der Waals surface area (Å²) in [7, 11) is 0. The predicted molar refractivity (Wildman–Crippen MR) is 20.2 cm³/mol. The van der Waals surface area contributed by atoms with Crippen molar-refractivity contribution in [1.29, 1.82) is 0 Å². The zero-order valence-electron chi connectivity index (χ0n) is 2.47. The van der Waals surface area contributed by atoms with Crippen molar-refractivity contribution in [2.75, 3.05) is 0 Å². The van der Waals surface area contributed by atoms with E-state index in [0.717, 1.165) is 0 Å². The molecule has 0 aromatic rings. The molecule has 0 aromatic carbocycles. The second-order valence-electron chi connectivity index (χ2n) is 0. The number of hydrogen-bond acceptors (Lipinski definition) is 0. The predicted octanol–water partition coefficient (Wildman–Crippen LogP) is 1.89. The molecule has 0 radical (unpaired) electrons. The van der Waals surface area contributed by atoms with Crippen molar-refractivity contribution in [3.63, 3.8) is 0 Å². The zero-order valence-corrected chi connectivity index (χ0v) is 10.2. The van der Waals surface area contributed by atoms with Gasteiger partial charge in [0.25, 0.3) is 0 Å². The van der Waals surface area contributed by atoms with Gasteiger partial charge in [-0.25, -0.2) is 0 Å². The molecule has 10 heavy (non-hydrogen) atoms. The van der Waals surface area contributed by atoms with Crippen LogP contribution >= 0.6 is 0 Å². The monoisotopic (exact) mass is 440 g/mol. The molecule has 0 aromatic heterocycles. The molecule has 0 spiro atoms. The minimum atomic E-state index is 0. The number of hydrogen-bond donors (Lipinski definition) is 0. The Morgan fingerprint density at radius 3 is 0.200 bits per heavy atom. The van der Waals surface area contributed by atoms with E-state index in [2.05, 4.69) is 0 Å². The van der Waals surface area contributed by atoms with Crippen LogP contribution in [0.1, 0.15) is 22.3 Å². The first-order chi connectivity index (χ1) is 0. The van der Waals surface area contributed by atoms with Gasteiger partial charge in [-0.3, -0.25) is 0 Å². The fraction of sp³-hybridized carbons (Fsp3) is 1.00. The van der Waals surface area contributed by atoms with Gasteiger partial charge < -0.3 is 0 Å². The second-order valence-corrected chi connectivity index (χ2v) is 0. The fourth-order valence-electron chi connectivity index (χ4n) is 0. The van der Waals surface area contributed by atoms with Crippen molar-refractivity contribution < 1.29 is 119 Å². The molecular formula is C3H12Fe7. The topological polar surface area (TPSA) is 0 Å². The summed E-state index contributed by atoms with van der Waals surface area (Å²) in [5, 5.41) is 0. The van der Waals surface area contributed by atoms with Gasteiger partial charge in [-0.15, -0.1) is 0 Å². The molecule has 0 rings (SSSR count). The molecule has 0 aliphatic carbocycles. The van der Waals surface area contributed by atoms with Gasteiger partial charge in [0.2, 0.25) is 0 Å². The Labute approximate surface area is 140 Å². The maximum atomic E-state index is 0. The van der Waals surface area contributed by atoms with Crippen LogP contribution in [0.5, 0.6) is 0 Å². The third kappa shape index (κ3) is 99.6. The molecule has 80 valence electrons. The maximum Gasteiger partial charge on any atom is 0 e. The molecule has 0 aliphatic heterocycles. The minimum absolute atomic E-state index is 0. The molecule has 0 saturated heterocycles. The van der Waals surface area contributed by atoms with Crippen molar-refractivity contribution in [3.05, 3.63) is 0 Å². The van der Waals surface area contributed by atoms with Crippen LogP contribution in [0.3, 0.4) is 0 Å².